The van der Waals surface area contributed by atoms with Crippen molar-refractivity contribution < 1.29 is 29.0 Å². The van der Waals surface area contributed by atoms with Gasteiger partial charge < -0.3 is 25.2 Å². The molecule has 0 saturated carbocycles. The average Bonchev–Trinajstić information content (AvgIpc) is 3.12. The third kappa shape index (κ3) is 5.18. The standard InChI is InChI=1S/C22H30N4O6/c1-22(2,3)17(20(28)29)31-15-8-10-25(11-9-15)19(27)16-12-26(21(30)32-16)14-6-4-13(5-7-14)18(23)24/h4-7,15-17H,8-12H2,1-3H3,(H3,23,24)(H,28,29). The number of nitrogens with one attached hydrogen (secondary N) is 1. The minimum absolute atomic E-state index is 0.0711. The van der Waals surface area contributed by atoms with Gasteiger partial charge in [0.05, 0.1) is 12.6 Å². The molecule has 10 heteroatoms. The highest BCUT2D eigenvalue weighted by molar-refractivity contribution is 5.97. The Hall–Kier alpha value is -3.14. The summed E-state index contributed by atoms with van der Waals surface area (Å²) in [6, 6.07) is 6.57. The van der Waals surface area contributed by atoms with Gasteiger partial charge in [0, 0.05) is 24.3 Å². The zero-order chi connectivity index (χ0) is 23.6. The number of carbonyl (C=O) groups is 3. The van der Waals surface area contributed by atoms with E-state index in [1.165, 1.54) is 4.90 Å². The van der Waals surface area contributed by atoms with Gasteiger partial charge in [0.2, 0.25) is 0 Å². The maximum Gasteiger partial charge on any atom is 0.415 e. The summed E-state index contributed by atoms with van der Waals surface area (Å²) in [4.78, 5) is 39.8. The van der Waals surface area contributed by atoms with E-state index < -0.39 is 29.7 Å². The van der Waals surface area contributed by atoms with E-state index in [1.54, 1.807) is 29.2 Å². The van der Waals surface area contributed by atoms with Crippen molar-refractivity contribution in [1.82, 2.24) is 4.90 Å². The molecule has 0 bridgehead atoms. The lowest BCUT2D eigenvalue weighted by molar-refractivity contribution is -0.168. The molecule has 1 aromatic carbocycles. The minimum Gasteiger partial charge on any atom is -0.479 e. The van der Waals surface area contributed by atoms with Crippen molar-refractivity contribution in [2.75, 3.05) is 24.5 Å². The number of amidine groups is 1. The molecule has 0 aliphatic carbocycles. The Balaban J connectivity index is 1.56. The first-order valence-electron chi connectivity index (χ1n) is 10.6. The molecule has 2 fully saturated rings. The summed E-state index contributed by atoms with van der Waals surface area (Å²) in [5, 5.41) is 16.9. The van der Waals surface area contributed by atoms with Gasteiger partial charge >= 0.3 is 12.1 Å². The Morgan fingerprint density at radius 1 is 1.22 bits per heavy atom. The zero-order valence-electron chi connectivity index (χ0n) is 18.5. The summed E-state index contributed by atoms with van der Waals surface area (Å²) in [6.45, 7) is 6.36. The summed E-state index contributed by atoms with van der Waals surface area (Å²) >= 11 is 0. The smallest absolute Gasteiger partial charge is 0.415 e. The van der Waals surface area contributed by atoms with Crippen LogP contribution in [0.2, 0.25) is 0 Å². The van der Waals surface area contributed by atoms with Crippen LogP contribution in [0, 0.1) is 10.8 Å². The molecule has 2 heterocycles. The van der Waals surface area contributed by atoms with E-state index in [-0.39, 0.29) is 24.4 Å². The topological polar surface area (TPSA) is 146 Å². The van der Waals surface area contributed by atoms with Crippen LogP contribution in [-0.4, -0.2) is 71.8 Å². The summed E-state index contributed by atoms with van der Waals surface area (Å²) in [6.07, 6.45) is -1.65. The molecular weight excluding hydrogens is 416 g/mol. The number of carboxylic acid groups (broad SMARTS) is 1. The second-order valence-corrected chi connectivity index (χ2v) is 9.19. The Morgan fingerprint density at radius 3 is 2.31 bits per heavy atom. The number of carbonyl (C=O) groups excluding carboxylic acids is 2. The van der Waals surface area contributed by atoms with Crippen LogP contribution >= 0.6 is 0 Å². The molecule has 2 saturated heterocycles. The van der Waals surface area contributed by atoms with Crippen LogP contribution in [0.15, 0.2) is 24.3 Å². The number of likely N-dealkylation sites (tertiary alicyclic amines) is 1. The number of aliphatic carboxylic acids is 1. The maximum atomic E-state index is 12.9. The third-order valence-electron chi connectivity index (χ3n) is 5.67. The van der Waals surface area contributed by atoms with Gasteiger partial charge in [-0.15, -0.1) is 0 Å². The number of hydrogen-bond donors (Lipinski definition) is 3. The number of cyclic esters (lactones) is 1. The fraction of sp³-hybridized carbons (Fsp3) is 0.545. The number of nitrogen functional groups attached to an aromatic ring is 1. The number of benzene rings is 1. The van der Waals surface area contributed by atoms with Crippen LogP contribution in [0.25, 0.3) is 0 Å². The highest BCUT2D eigenvalue weighted by Gasteiger charge is 2.41. The molecule has 32 heavy (non-hydrogen) atoms. The van der Waals surface area contributed by atoms with E-state index in [0.717, 1.165) is 0 Å². The summed E-state index contributed by atoms with van der Waals surface area (Å²) in [5.41, 5.74) is 6.01. The van der Waals surface area contributed by atoms with E-state index in [0.29, 0.717) is 37.2 Å². The van der Waals surface area contributed by atoms with Crippen LogP contribution in [0.3, 0.4) is 0 Å². The first kappa shape index (κ1) is 23.5. The van der Waals surface area contributed by atoms with Gasteiger partial charge in [0.1, 0.15) is 5.84 Å². The molecule has 0 radical (unpaired) electrons. The lowest BCUT2D eigenvalue weighted by Gasteiger charge is -2.36. The molecule has 1 aromatic rings. The first-order valence-corrected chi connectivity index (χ1v) is 10.6. The zero-order valence-corrected chi connectivity index (χ0v) is 18.5. The fourth-order valence-electron chi connectivity index (χ4n) is 3.86. The van der Waals surface area contributed by atoms with Crippen molar-refractivity contribution in [3.8, 4) is 0 Å². The summed E-state index contributed by atoms with van der Waals surface area (Å²) in [5.74, 6) is -1.34. The molecule has 0 spiro atoms. The number of rotatable bonds is 6. The molecular formula is C22H30N4O6. The van der Waals surface area contributed by atoms with Gasteiger partial charge in [0.15, 0.2) is 12.2 Å². The van der Waals surface area contributed by atoms with E-state index in [1.807, 2.05) is 20.8 Å². The van der Waals surface area contributed by atoms with Crippen LogP contribution in [0.5, 0.6) is 0 Å². The van der Waals surface area contributed by atoms with Gasteiger partial charge in [-0.25, -0.2) is 9.59 Å². The lowest BCUT2D eigenvalue weighted by atomic mass is 9.88. The molecule has 10 nitrogen and oxygen atoms in total. The predicted molar refractivity (Wildman–Crippen MR) is 117 cm³/mol. The van der Waals surface area contributed by atoms with Gasteiger partial charge in [-0.05, 0) is 42.5 Å². The number of hydrogen-bond acceptors (Lipinski definition) is 6. The summed E-state index contributed by atoms with van der Waals surface area (Å²) in [7, 11) is 0. The number of anilines is 1. The van der Waals surface area contributed by atoms with Crippen molar-refractivity contribution in [3.63, 3.8) is 0 Å². The second-order valence-electron chi connectivity index (χ2n) is 9.19. The predicted octanol–water partition coefficient (Wildman–Crippen LogP) is 1.80. The molecule has 2 aliphatic heterocycles. The molecule has 3 rings (SSSR count). The van der Waals surface area contributed by atoms with Crippen molar-refractivity contribution >= 4 is 29.5 Å². The molecule has 174 valence electrons. The van der Waals surface area contributed by atoms with E-state index in [4.69, 9.17) is 20.6 Å². The molecule has 2 amide bonds. The van der Waals surface area contributed by atoms with Crippen LogP contribution < -0.4 is 10.6 Å². The van der Waals surface area contributed by atoms with Gasteiger partial charge in [0.25, 0.3) is 5.91 Å². The number of nitrogens with zero attached hydrogens (tertiary/aromatic N) is 2. The molecule has 4 N–H and O–H groups in total. The molecule has 0 aromatic heterocycles. The van der Waals surface area contributed by atoms with E-state index >= 15 is 0 Å². The Morgan fingerprint density at radius 2 is 1.81 bits per heavy atom. The normalized spacial score (nSPS) is 20.7. The van der Waals surface area contributed by atoms with Crippen molar-refractivity contribution in [2.24, 2.45) is 11.1 Å². The van der Waals surface area contributed by atoms with E-state index in [2.05, 4.69) is 0 Å². The Labute approximate surface area is 186 Å². The molecule has 2 aliphatic rings. The van der Waals surface area contributed by atoms with Crippen LogP contribution in [0.1, 0.15) is 39.2 Å². The average molecular weight is 447 g/mol. The van der Waals surface area contributed by atoms with Crippen molar-refractivity contribution in [1.29, 1.82) is 5.41 Å². The number of nitrogens with two attached hydrogens (primary N) is 1. The van der Waals surface area contributed by atoms with Crippen molar-refractivity contribution in [3.05, 3.63) is 29.8 Å². The van der Waals surface area contributed by atoms with Gasteiger partial charge in [-0.1, -0.05) is 20.8 Å². The summed E-state index contributed by atoms with van der Waals surface area (Å²) < 4.78 is 11.1. The minimum atomic E-state index is -0.995. The first-order chi connectivity index (χ1) is 15.0. The Kier molecular flexibility index (Phi) is 6.73. The highest BCUT2D eigenvalue weighted by atomic mass is 16.6. The lowest BCUT2D eigenvalue weighted by Crippen LogP contribution is -2.48. The van der Waals surface area contributed by atoms with Crippen LogP contribution in [0.4, 0.5) is 10.5 Å². The van der Waals surface area contributed by atoms with Gasteiger partial charge in [-0.3, -0.25) is 15.1 Å². The quantitative estimate of drug-likeness (QED) is 0.446. The van der Waals surface area contributed by atoms with E-state index in [9.17, 15) is 19.5 Å². The van der Waals surface area contributed by atoms with Crippen molar-refractivity contribution in [2.45, 2.75) is 51.9 Å². The SMILES string of the molecule is CC(C)(C)C(OC1CCN(C(=O)C2CN(c3ccc(C(=N)N)cc3)C(=O)O2)CC1)C(=O)O. The third-order valence-corrected chi connectivity index (χ3v) is 5.67. The number of ether oxygens (including phenoxy) is 2. The largest absolute Gasteiger partial charge is 0.479 e. The van der Waals surface area contributed by atoms with Crippen LogP contribution in [-0.2, 0) is 19.1 Å². The molecule has 2 atom stereocenters. The monoisotopic (exact) mass is 446 g/mol. The number of piperidine rings is 1. The number of carboxylic acids is 1. The number of amides is 2. The van der Waals surface area contributed by atoms with Gasteiger partial charge in [-0.2, -0.15) is 0 Å². The molecule has 2 unspecified atom stereocenters. The fourth-order valence-corrected chi connectivity index (χ4v) is 3.86. The maximum absolute atomic E-state index is 12.9. The second kappa shape index (κ2) is 9.15. The Bertz CT molecular complexity index is 887. The highest BCUT2D eigenvalue weighted by Crippen LogP contribution is 2.28.